The summed E-state index contributed by atoms with van der Waals surface area (Å²) >= 11 is 0. The predicted molar refractivity (Wildman–Crippen MR) is 128 cm³/mol. The van der Waals surface area contributed by atoms with Crippen LogP contribution in [-0.4, -0.2) is 52.3 Å². The topological polar surface area (TPSA) is 91.6 Å². The Labute approximate surface area is 194 Å². The lowest BCUT2D eigenvalue weighted by Gasteiger charge is -2.40. The van der Waals surface area contributed by atoms with Crippen molar-refractivity contribution in [3.05, 3.63) is 95.3 Å². The van der Waals surface area contributed by atoms with Crippen LogP contribution in [0.25, 0.3) is 0 Å². The standard InChI is InChI=1S/C26H29N5O2/c1-19-9-10-22(14-23(19)29-16-21-8-5-11-28-15-21)26(33)31-13-12-30(18-24(31)25(27)32)17-20-6-3-2-4-7-20/h2-11,14-15,24,29H,12-13,16-18H2,1H3,(H2,27,32)/t24-/m0/s1. The zero-order valence-corrected chi connectivity index (χ0v) is 18.8. The van der Waals surface area contributed by atoms with Crippen molar-refractivity contribution < 1.29 is 9.59 Å². The lowest BCUT2D eigenvalue weighted by molar-refractivity contribution is -0.124. The van der Waals surface area contributed by atoms with E-state index in [-0.39, 0.29) is 5.91 Å². The van der Waals surface area contributed by atoms with Gasteiger partial charge in [-0.2, -0.15) is 0 Å². The summed E-state index contributed by atoms with van der Waals surface area (Å²) in [6, 6.07) is 18.9. The van der Waals surface area contributed by atoms with Gasteiger partial charge in [0.15, 0.2) is 0 Å². The average Bonchev–Trinajstić information content (AvgIpc) is 2.84. The van der Waals surface area contributed by atoms with Crippen LogP contribution in [0.1, 0.15) is 27.0 Å². The van der Waals surface area contributed by atoms with Gasteiger partial charge in [-0.3, -0.25) is 19.5 Å². The van der Waals surface area contributed by atoms with E-state index >= 15 is 0 Å². The molecule has 3 N–H and O–H groups in total. The first-order valence-electron chi connectivity index (χ1n) is 11.1. The molecule has 1 saturated heterocycles. The Hall–Kier alpha value is -3.71. The van der Waals surface area contributed by atoms with Crippen molar-refractivity contribution in [1.82, 2.24) is 14.8 Å². The van der Waals surface area contributed by atoms with E-state index in [0.29, 0.717) is 31.7 Å². The van der Waals surface area contributed by atoms with E-state index in [2.05, 4.69) is 27.3 Å². The molecule has 2 heterocycles. The van der Waals surface area contributed by atoms with Crippen molar-refractivity contribution in [1.29, 1.82) is 0 Å². The lowest BCUT2D eigenvalue weighted by Crippen LogP contribution is -2.59. The fraction of sp³-hybridized carbons (Fsp3) is 0.269. The number of rotatable bonds is 7. The summed E-state index contributed by atoms with van der Waals surface area (Å²) in [5.74, 6) is -0.661. The van der Waals surface area contributed by atoms with Crippen molar-refractivity contribution in [3.8, 4) is 0 Å². The molecule has 7 heteroatoms. The van der Waals surface area contributed by atoms with Crippen LogP contribution in [0.4, 0.5) is 5.69 Å². The highest BCUT2D eigenvalue weighted by Crippen LogP contribution is 2.22. The van der Waals surface area contributed by atoms with Gasteiger partial charge in [-0.05, 0) is 41.8 Å². The monoisotopic (exact) mass is 443 g/mol. The van der Waals surface area contributed by atoms with Gasteiger partial charge < -0.3 is 16.0 Å². The van der Waals surface area contributed by atoms with Crippen LogP contribution in [0.15, 0.2) is 73.1 Å². The Morgan fingerprint density at radius 3 is 2.58 bits per heavy atom. The van der Waals surface area contributed by atoms with Gasteiger partial charge in [-0.1, -0.05) is 42.5 Å². The van der Waals surface area contributed by atoms with Gasteiger partial charge in [0.05, 0.1) is 0 Å². The molecule has 0 spiro atoms. The van der Waals surface area contributed by atoms with E-state index in [4.69, 9.17) is 5.73 Å². The van der Waals surface area contributed by atoms with Crippen LogP contribution in [0.5, 0.6) is 0 Å². The summed E-state index contributed by atoms with van der Waals surface area (Å²) in [4.78, 5) is 33.6. The van der Waals surface area contributed by atoms with E-state index in [1.54, 1.807) is 17.2 Å². The van der Waals surface area contributed by atoms with Crippen molar-refractivity contribution in [2.24, 2.45) is 5.73 Å². The average molecular weight is 444 g/mol. The molecule has 1 atom stereocenters. The van der Waals surface area contributed by atoms with Crippen LogP contribution in [0.3, 0.4) is 0 Å². The van der Waals surface area contributed by atoms with E-state index in [1.165, 1.54) is 5.56 Å². The molecule has 1 aromatic heterocycles. The smallest absolute Gasteiger partial charge is 0.254 e. The molecular formula is C26H29N5O2. The molecule has 33 heavy (non-hydrogen) atoms. The number of aromatic nitrogens is 1. The highest BCUT2D eigenvalue weighted by molar-refractivity contribution is 5.98. The molecule has 0 bridgehead atoms. The first kappa shape index (κ1) is 22.5. The third kappa shape index (κ3) is 5.56. The van der Waals surface area contributed by atoms with Gasteiger partial charge >= 0.3 is 0 Å². The number of benzene rings is 2. The number of nitrogens with zero attached hydrogens (tertiary/aromatic N) is 3. The SMILES string of the molecule is Cc1ccc(C(=O)N2CCN(Cc3ccccc3)C[C@H]2C(N)=O)cc1NCc1cccnc1. The maximum absolute atomic E-state index is 13.4. The summed E-state index contributed by atoms with van der Waals surface area (Å²) in [5, 5.41) is 3.39. The Morgan fingerprint density at radius 2 is 1.85 bits per heavy atom. The molecule has 0 aliphatic carbocycles. The highest BCUT2D eigenvalue weighted by atomic mass is 16.2. The second-order valence-electron chi connectivity index (χ2n) is 8.38. The van der Waals surface area contributed by atoms with Gasteiger partial charge in [-0.25, -0.2) is 0 Å². The number of aryl methyl sites for hydroxylation is 1. The predicted octanol–water partition coefficient (Wildman–Crippen LogP) is 2.81. The third-order valence-electron chi connectivity index (χ3n) is 5.99. The first-order valence-corrected chi connectivity index (χ1v) is 11.1. The molecule has 7 nitrogen and oxygen atoms in total. The van der Waals surface area contributed by atoms with Crippen LogP contribution in [0.2, 0.25) is 0 Å². The normalized spacial score (nSPS) is 16.4. The maximum Gasteiger partial charge on any atom is 0.254 e. The molecule has 4 rings (SSSR count). The molecule has 0 unspecified atom stereocenters. The minimum absolute atomic E-state index is 0.178. The number of piperazine rings is 1. The number of nitrogens with one attached hydrogen (secondary N) is 1. The van der Waals surface area contributed by atoms with E-state index in [1.807, 2.05) is 55.6 Å². The zero-order valence-electron chi connectivity index (χ0n) is 18.8. The van der Waals surface area contributed by atoms with Gasteiger partial charge in [0.2, 0.25) is 5.91 Å². The number of pyridine rings is 1. The van der Waals surface area contributed by atoms with Crippen LogP contribution in [0, 0.1) is 6.92 Å². The Morgan fingerprint density at radius 1 is 1.06 bits per heavy atom. The number of hydrogen-bond donors (Lipinski definition) is 2. The van der Waals surface area contributed by atoms with Gasteiger partial charge in [0, 0.05) is 56.4 Å². The zero-order chi connectivity index (χ0) is 23.2. The Bertz CT molecular complexity index is 1100. The van der Waals surface area contributed by atoms with Gasteiger partial charge in [0.25, 0.3) is 5.91 Å². The summed E-state index contributed by atoms with van der Waals surface area (Å²) < 4.78 is 0. The highest BCUT2D eigenvalue weighted by Gasteiger charge is 2.34. The molecule has 2 amide bonds. The molecule has 0 saturated carbocycles. The number of nitrogens with two attached hydrogens (primary N) is 1. The summed E-state index contributed by atoms with van der Waals surface area (Å²) in [6.45, 7) is 4.88. The summed E-state index contributed by atoms with van der Waals surface area (Å²) in [7, 11) is 0. The quantitative estimate of drug-likeness (QED) is 0.586. The largest absolute Gasteiger partial charge is 0.381 e. The molecule has 2 aromatic carbocycles. The summed E-state index contributed by atoms with van der Waals surface area (Å²) in [6.07, 6.45) is 3.55. The Balaban J connectivity index is 1.46. The molecule has 1 fully saturated rings. The lowest BCUT2D eigenvalue weighted by atomic mass is 10.0. The minimum Gasteiger partial charge on any atom is -0.381 e. The van der Waals surface area contributed by atoms with Gasteiger partial charge in [0.1, 0.15) is 6.04 Å². The molecular weight excluding hydrogens is 414 g/mol. The van der Waals surface area contributed by atoms with Crippen LogP contribution < -0.4 is 11.1 Å². The Kier molecular flexibility index (Phi) is 7.00. The van der Waals surface area contributed by atoms with E-state index < -0.39 is 11.9 Å². The van der Waals surface area contributed by atoms with Crippen LogP contribution >= 0.6 is 0 Å². The van der Waals surface area contributed by atoms with Crippen LogP contribution in [-0.2, 0) is 17.9 Å². The molecule has 0 radical (unpaired) electrons. The maximum atomic E-state index is 13.4. The molecule has 3 aromatic rings. The number of carbonyl (C=O) groups is 2. The summed E-state index contributed by atoms with van der Waals surface area (Å²) in [5.41, 5.74) is 10.4. The van der Waals surface area contributed by atoms with E-state index in [0.717, 1.165) is 23.4 Å². The minimum atomic E-state index is -0.664. The van der Waals surface area contributed by atoms with Crippen molar-refractivity contribution in [2.45, 2.75) is 26.1 Å². The second-order valence-corrected chi connectivity index (χ2v) is 8.38. The number of anilines is 1. The van der Waals surface area contributed by atoms with Crippen molar-refractivity contribution in [3.63, 3.8) is 0 Å². The molecule has 170 valence electrons. The third-order valence-corrected chi connectivity index (χ3v) is 5.99. The second kappa shape index (κ2) is 10.3. The number of amides is 2. The fourth-order valence-corrected chi connectivity index (χ4v) is 4.12. The number of carbonyl (C=O) groups excluding carboxylic acids is 2. The molecule has 1 aliphatic heterocycles. The number of primary amides is 1. The van der Waals surface area contributed by atoms with Crippen molar-refractivity contribution >= 4 is 17.5 Å². The van der Waals surface area contributed by atoms with Crippen molar-refractivity contribution in [2.75, 3.05) is 25.0 Å². The molecule has 1 aliphatic rings. The fourth-order valence-electron chi connectivity index (χ4n) is 4.12. The first-order chi connectivity index (χ1) is 16.0. The van der Waals surface area contributed by atoms with Gasteiger partial charge in [-0.15, -0.1) is 0 Å². The van der Waals surface area contributed by atoms with E-state index in [9.17, 15) is 9.59 Å². The number of hydrogen-bond acceptors (Lipinski definition) is 5.